The number of halogens is 3. The van der Waals surface area contributed by atoms with Crippen LogP contribution in [0.1, 0.15) is 17.1 Å². The highest BCUT2D eigenvalue weighted by molar-refractivity contribution is 7.09. The Morgan fingerprint density at radius 1 is 1.30 bits per heavy atom. The maximum Gasteiger partial charge on any atom is 0.434 e. The fraction of sp³-hybridized carbons (Fsp3) is 0.412. The first-order valence-corrected chi connectivity index (χ1v) is 9.01. The summed E-state index contributed by atoms with van der Waals surface area (Å²) in [7, 11) is 3.21. The van der Waals surface area contributed by atoms with Crippen molar-refractivity contribution in [3.63, 3.8) is 0 Å². The van der Waals surface area contributed by atoms with E-state index in [1.165, 1.54) is 0 Å². The van der Waals surface area contributed by atoms with Gasteiger partial charge in [-0.3, -0.25) is 4.99 Å². The highest BCUT2D eigenvalue weighted by atomic mass is 32.1. The predicted molar refractivity (Wildman–Crippen MR) is 99.4 cm³/mol. The number of methoxy groups -OCH3 is 1. The lowest BCUT2D eigenvalue weighted by molar-refractivity contribution is -0.140. The molecule has 0 aliphatic rings. The molecule has 2 aromatic rings. The molecule has 1 heterocycles. The third kappa shape index (κ3) is 7.06. The molecule has 27 heavy (non-hydrogen) atoms. The summed E-state index contributed by atoms with van der Waals surface area (Å²) in [6.07, 6.45) is -3.65. The van der Waals surface area contributed by atoms with E-state index in [0.717, 1.165) is 28.8 Å². The standard InChI is InChI=1S/C17H21F3N4O2S/c1-21-16(22-10-15-24-14(11-27-15)17(18,19)20)23-12-5-3-6-13(9-12)26-8-4-7-25-2/h3,5-6,9,11H,4,7-8,10H2,1-2H3,(H2,21,22,23). The minimum absolute atomic E-state index is 0.133. The Bertz CT molecular complexity index is 750. The molecule has 0 bridgehead atoms. The van der Waals surface area contributed by atoms with Crippen LogP contribution in [0.4, 0.5) is 18.9 Å². The number of aliphatic imine (C=N–C) groups is 1. The molecule has 0 atom stereocenters. The minimum Gasteiger partial charge on any atom is -0.493 e. The summed E-state index contributed by atoms with van der Waals surface area (Å²) in [6.45, 7) is 1.30. The van der Waals surface area contributed by atoms with Crippen LogP contribution in [0.5, 0.6) is 5.75 Å². The molecule has 0 radical (unpaired) electrons. The van der Waals surface area contributed by atoms with E-state index in [1.54, 1.807) is 14.2 Å². The number of guanidine groups is 1. The molecule has 1 aromatic heterocycles. The van der Waals surface area contributed by atoms with Crippen LogP contribution < -0.4 is 15.4 Å². The first-order chi connectivity index (χ1) is 12.9. The molecular formula is C17H21F3N4O2S. The van der Waals surface area contributed by atoms with Gasteiger partial charge >= 0.3 is 6.18 Å². The number of ether oxygens (including phenoxy) is 2. The molecule has 148 valence electrons. The average Bonchev–Trinajstić information content (AvgIpc) is 3.12. The fourth-order valence-corrected chi connectivity index (χ4v) is 2.79. The number of nitrogens with zero attached hydrogens (tertiary/aromatic N) is 2. The highest BCUT2D eigenvalue weighted by Gasteiger charge is 2.33. The number of hydrogen-bond donors (Lipinski definition) is 2. The summed E-state index contributed by atoms with van der Waals surface area (Å²) >= 11 is 0.944. The second-order valence-electron chi connectivity index (χ2n) is 5.40. The van der Waals surface area contributed by atoms with Crippen molar-refractivity contribution in [2.24, 2.45) is 4.99 Å². The van der Waals surface area contributed by atoms with Gasteiger partial charge in [-0.25, -0.2) is 4.98 Å². The van der Waals surface area contributed by atoms with E-state index >= 15 is 0 Å². The van der Waals surface area contributed by atoms with Gasteiger partial charge in [0.2, 0.25) is 0 Å². The molecule has 0 saturated heterocycles. The largest absolute Gasteiger partial charge is 0.493 e. The van der Waals surface area contributed by atoms with E-state index in [2.05, 4.69) is 20.6 Å². The molecule has 2 rings (SSSR count). The molecular weight excluding hydrogens is 381 g/mol. The van der Waals surface area contributed by atoms with Gasteiger partial charge in [0.1, 0.15) is 10.8 Å². The topological polar surface area (TPSA) is 67.8 Å². The van der Waals surface area contributed by atoms with E-state index in [1.807, 2.05) is 24.3 Å². The lowest BCUT2D eigenvalue weighted by Crippen LogP contribution is -2.30. The number of aromatic nitrogens is 1. The van der Waals surface area contributed by atoms with E-state index in [4.69, 9.17) is 9.47 Å². The summed E-state index contributed by atoms with van der Waals surface area (Å²) < 4.78 is 48.4. The lowest BCUT2D eigenvalue weighted by Gasteiger charge is -2.12. The van der Waals surface area contributed by atoms with Crippen molar-refractivity contribution >= 4 is 23.0 Å². The smallest absolute Gasteiger partial charge is 0.434 e. The van der Waals surface area contributed by atoms with Crippen molar-refractivity contribution in [3.05, 3.63) is 40.3 Å². The zero-order valence-electron chi connectivity index (χ0n) is 15.0. The van der Waals surface area contributed by atoms with Gasteiger partial charge in [0.25, 0.3) is 0 Å². The zero-order valence-corrected chi connectivity index (χ0v) is 15.8. The van der Waals surface area contributed by atoms with E-state index in [0.29, 0.717) is 29.9 Å². The quantitative estimate of drug-likeness (QED) is 0.400. The van der Waals surface area contributed by atoms with E-state index in [9.17, 15) is 13.2 Å². The third-order valence-electron chi connectivity index (χ3n) is 3.33. The summed E-state index contributed by atoms with van der Waals surface area (Å²) in [5, 5.41) is 7.32. The molecule has 0 saturated carbocycles. The molecule has 0 aliphatic heterocycles. The van der Waals surface area contributed by atoms with Crippen molar-refractivity contribution in [3.8, 4) is 5.75 Å². The van der Waals surface area contributed by atoms with Crippen LogP contribution >= 0.6 is 11.3 Å². The highest BCUT2D eigenvalue weighted by Crippen LogP contribution is 2.29. The van der Waals surface area contributed by atoms with Gasteiger partial charge in [0.05, 0.1) is 13.2 Å². The number of alkyl halides is 3. The first-order valence-electron chi connectivity index (χ1n) is 8.13. The van der Waals surface area contributed by atoms with Crippen molar-refractivity contribution in [2.45, 2.75) is 19.1 Å². The van der Waals surface area contributed by atoms with E-state index < -0.39 is 11.9 Å². The Morgan fingerprint density at radius 2 is 2.11 bits per heavy atom. The Hall–Kier alpha value is -2.33. The third-order valence-corrected chi connectivity index (χ3v) is 4.18. The maximum atomic E-state index is 12.6. The van der Waals surface area contributed by atoms with Gasteiger partial charge in [-0.15, -0.1) is 11.3 Å². The summed E-state index contributed by atoms with van der Waals surface area (Å²) in [6, 6.07) is 7.31. The van der Waals surface area contributed by atoms with Gasteiger partial charge in [0.15, 0.2) is 11.7 Å². The number of thiazole rings is 1. The molecule has 6 nitrogen and oxygen atoms in total. The fourth-order valence-electron chi connectivity index (χ4n) is 2.05. The van der Waals surface area contributed by atoms with Crippen molar-refractivity contribution in [1.82, 2.24) is 10.3 Å². The molecule has 0 unspecified atom stereocenters. The average molecular weight is 402 g/mol. The lowest BCUT2D eigenvalue weighted by atomic mass is 10.3. The summed E-state index contributed by atoms with van der Waals surface area (Å²) in [5.41, 5.74) is -0.145. The maximum absolute atomic E-state index is 12.6. The van der Waals surface area contributed by atoms with Crippen molar-refractivity contribution in [1.29, 1.82) is 0 Å². The van der Waals surface area contributed by atoms with Gasteiger partial charge in [0, 0.05) is 44.3 Å². The number of anilines is 1. The number of benzene rings is 1. The molecule has 1 aromatic carbocycles. The van der Waals surface area contributed by atoms with Gasteiger partial charge in [-0.2, -0.15) is 13.2 Å². The molecule has 0 amide bonds. The van der Waals surface area contributed by atoms with Gasteiger partial charge < -0.3 is 20.1 Å². The minimum atomic E-state index is -4.43. The molecule has 2 N–H and O–H groups in total. The molecule has 0 aliphatic carbocycles. The van der Waals surface area contributed by atoms with E-state index in [-0.39, 0.29) is 6.54 Å². The van der Waals surface area contributed by atoms with Crippen LogP contribution in [0.25, 0.3) is 0 Å². The SMILES string of the molecule is CN=C(NCc1nc(C(F)(F)F)cs1)Nc1cccc(OCCCOC)c1. The van der Waals surface area contributed by atoms with Gasteiger partial charge in [-0.1, -0.05) is 6.07 Å². The van der Waals surface area contributed by atoms with Gasteiger partial charge in [-0.05, 0) is 12.1 Å². The normalized spacial score (nSPS) is 12.1. The van der Waals surface area contributed by atoms with Crippen LogP contribution in [-0.2, 0) is 17.5 Å². The molecule has 0 fully saturated rings. The number of nitrogens with one attached hydrogen (secondary N) is 2. The monoisotopic (exact) mass is 402 g/mol. The Kier molecular flexibility index (Phi) is 7.86. The second-order valence-corrected chi connectivity index (χ2v) is 6.34. The van der Waals surface area contributed by atoms with Crippen LogP contribution in [-0.4, -0.2) is 38.3 Å². The van der Waals surface area contributed by atoms with Crippen LogP contribution in [0, 0.1) is 0 Å². The van der Waals surface area contributed by atoms with Crippen LogP contribution in [0.3, 0.4) is 0 Å². The Labute approximate surface area is 159 Å². The van der Waals surface area contributed by atoms with Crippen LogP contribution in [0.15, 0.2) is 34.6 Å². The number of rotatable bonds is 8. The van der Waals surface area contributed by atoms with Crippen molar-refractivity contribution < 1.29 is 22.6 Å². The first kappa shape index (κ1) is 21.0. The Balaban J connectivity index is 1.88. The molecule has 10 heteroatoms. The molecule has 0 spiro atoms. The number of hydrogen-bond acceptors (Lipinski definition) is 5. The predicted octanol–water partition coefficient (Wildman–Crippen LogP) is 3.76. The summed E-state index contributed by atoms with van der Waals surface area (Å²) in [5.74, 6) is 1.11. The zero-order chi connectivity index (χ0) is 19.7. The second kappa shape index (κ2) is 10.1. The van der Waals surface area contributed by atoms with Crippen LogP contribution in [0.2, 0.25) is 0 Å². The summed E-state index contributed by atoms with van der Waals surface area (Å²) in [4.78, 5) is 7.64. The Morgan fingerprint density at radius 3 is 2.78 bits per heavy atom. The van der Waals surface area contributed by atoms with Crippen molar-refractivity contribution in [2.75, 3.05) is 32.7 Å².